The summed E-state index contributed by atoms with van der Waals surface area (Å²) in [5, 5.41) is 11.4. The number of nitrogens with two attached hydrogens (primary N) is 1. The van der Waals surface area contributed by atoms with E-state index in [1.165, 1.54) is 38.5 Å². The molecule has 1 atom stereocenters. The third kappa shape index (κ3) is 6.28. The van der Waals surface area contributed by atoms with Gasteiger partial charge in [-0.2, -0.15) is 0 Å². The molecule has 1 heterocycles. The molecule has 4 N–H and O–H groups in total. The Balaban J connectivity index is 1.67. The van der Waals surface area contributed by atoms with Crippen LogP contribution in [0.3, 0.4) is 0 Å². The smallest absolute Gasteiger partial charge is 0.326 e. The summed E-state index contributed by atoms with van der Waals surface area (Å²) in [5.41, 5.74) is 5.92. The molecule has 0 spiro atoms. The van der Waals surface area contributed by atoms with Crippen molar-refractivity contribution < 1.29 is 43.2 Å². The van der Waals surface area contributed by atoms with E-state index in [4.69, 9.17) is 29.8 Å². The minimum absolute atomic E-state index is 0.0696. The first-order valence-electron chi connectivity index (χ1n) is 10.5. The number of benzene rings is 2. The maximum absolute atomic E-state index is 12.8. The molecule has 3 rings (SSSR count). The second-order valence-electron chi connectivity index (χ2n) is 7.46. The molecule has 11 heteroatoms. The van der Waals surface area contributed by atoms with E-state index < -0.39 is 30.4 Å². The fraction of sp³-hybridized carbons (Fsp3) is 0.250. The van der Waals surface area contributed by atoms with Gasteiger partial charge in [-0.3, -0.25) is 14.4 Å². The molecule has 0 aromatic heterocycles. The molecule has 184 valence electrons. The number of rotatable bonds is 11. The van der Waals surface area contributed by atoms with Crippen LogP contribution in [0.4, 0.5) is 0 Å². The minimum Gasteiger partial charge on any atom is -0.497 e. The molecule has 0 radical (unpaired) electrons. The number of hydrogen-bond acceptors (Lipinski definition) is 8. The molecule has 0 aliphatic carbocycles. The number of aliphatic carboxylic acids is 1. The lowest BCUT2D eigenvalue weighted by molar-refractivity contribution is -0.142. The second kappa shape index (κ2) is 11.1. The zero-order valence-corrected chi connectivity index (χ0v) is 19.0. The Bertz CT molecular complexity index is 1190. The van der Waals surface area contributed by atoms with Crippen molar-refractivity contribution in [3.05, 3.63) is 53.3 Å². The fourth-order valence-corrected chi connectivity index (χ4v) is 3.28. The van der Waals surface area contributed by atoms with Crippen LogP contribution >= 0.6 is 0 Å². The summed E-state index contributed by atoms with van der Waals surface area (Å²) in [6.45, 7) is -0.489. The summed E-state index contributed by atoms with van der Waals surface area (Å²) < 4.78 is 21.7. The van der Waals surface area contributed by atoms with Gasteiger partial charge < -0.3 is 35.1 Å². The summed E-state index contributed by atoms with van der Waals surface area (Å²) in [4.78, 5) is 47.0. The van der Waals surface area contributed by atoms with Crippen LogP contribution in [0.15, 0.2) is 42.2 Å². The molecule has 1 aliphatic heterocycles. The number of carbonyl (C=O) groups excluding carboxylic acids is 3. The number of allylic oxidation sites excluding steroid dienone is 1. The quantitative estimate of drug-likeness (QED) is 0.401. The number of fused-ring (bicyclic) bond motifs is 1. The topological polar surface area (TPSA) is 163 Å². The van der Waals surface area contributed by atoms with Gasteiger partial charge >= 0.3 is 5.97 Å². The number of primary amides is 1. The summed E-state index contributed by atoms with van der Waals surface area (Å²) in [5.74, 6) is -1.37. The highest BCUT2D eigenvalue weighted by Gasteiger charge is 2.28. The van der Waals surface area contributed by atoms with Crippen LogP contribution < -0.4 is 30.0 Å². The fourth-order valence-electron chi connectivity index (χ4n) is 3.28. The van der Waals surface area contributed by atoms with Gasteiger partial charge in [0.05, 0.1) is 19.8 Å². The summed E-state index contributed by atoms with van der Waals surface area (Å²) >= 11 is 0. The van der Waals surface area contributed by atoms with Crippen molar-refractivity contribution in [1.82, 2.24) is 5.32 Å². The largest absolute Gasteiger partial charge is 0.497 e. The van der Waals surface area contributed by atoms with Crippen LogP contribution in [0.1, 0.15) is 28.8 Å². The number of Topliss-reactive ketones (excluding diaryl/α,β-unsaturated/α-hetero) is 1. The van der Waals surface area contributed by atoms with E-state index in [0.29, 0.717) is 22.6 Å². The molecule has 0 saturated carbocycles. The first-order chi connectivity index (χ1) is 16.7. The first-order valence-corrected chi connectivity index (χ1v) is 10.5. The van der Waals surface area contributed by atoms with E-state index in [-0.39, 0.29) is 35.9 Å². The van der Waals surface area contributed by atoms with Gasteiger partial charge in [-0.1, -0.05) is 0 Å². The lowest BCUT2D eigenvalue weighted by Crippen LogP contribution is -2.43. The SMILES string of the molecule is COc1ccc(OC)c(C=C2Oc3cc(OCC(=O)N[C@@H](CCC(N)=O)C(=O)O)ccc3C2=O)c1. The lowest BCUT2D eigenvalue weighted by atomic mass is 10.1. The number of carboxylic acid groups (broad SMARTS) is 1. The number of amides is 2. The number of hydrogen-bond donors (Lipinski definition) is 3. The van der Waals surface area contributed by atoms with Crippen molar-refractivity contribution in [1.29, 1.82) is 0 Å². The zero-order valence-electron chi connectivity index (χ0n) is 19.0. The zero-order chi connectivity index (χ0) is 25.5. The lowest BCUT2D eigenvalue weighted by Gasteiger charge is -2.14. The molecule has 1 aliphatic rings. The summed E-state index contributed by atoms with van der Waals surface area (Å²) in [7, 11) is 3.03. The van der Waals surface area contributed by atoms with E-state index in [9.17, 15) is 19.2 Å². The van der Waals surface area contributed by atoms with Crippen LogP contribution in [0.5, 0.6) is 23.0 Å². The van der Waals surface area contributed by atoms with Crippen LogP contribution in [0.25, 0.3) is 6.08 Å². The van der Waals surface area contributed by atoms with E-state index in [2.05, 4.69) is 5.32 Å². The van der Waals surface area contributed by atoms with Crippen molar-refractivity contribution in [3.8, 4) is 23.0 Å². The number of ketones is 1. The minimum atomic E-state index is -1.30. The van der Waals surface area contributed by atoms with E-state index in [1.54, 1.807) is 18.2 Å². The van der Waals surface area contributed by atoms with Gasteiger partial charge in [-0.25, -0.2) is 4.79 Å². The highest BCUT2D eigenvalue weighted by molar-refractivity contribution is 6.14. The Morgan fingerprint density at radius 3 is 2.51 bits per heavy atom. The predicted molar refractivity (Wildman–Crippen MR) is 122 cm³/mol. The van der Waals surface area contributed by atoms with Crippen molar-refractivity contribution in [2.24, 2.45) is 5.73 Å². The Morgan fingerprint density at radius 1 is 1.11 bits per heavy atom. The van der Waals surface area contributed by atoms with Crippen LogP contribution in [0, 0.1) is 0 Å². The van der Waals surface area contributed by atoms with Crippen molar-refractivity contribution >= 4 is 29.6 Å². The van der Waals surface area contributed by atoms with Gasteiger partial charge in [0, 0.05) is 18.1 Å². The van der Waals surface area contributed by atoms with Crippen molar-refractivity contribution in [2.75, 3.05) is 20.8 Å². The number of ether oxygens (including phenoxy) is 4. The molecule has 0 bridgehead atoms. The average molecular weight is 484 g/mol. The Hall–Kier alpha value is -4.54. The van der Waals surface area contributed by atoms with E-state index in [1.807, 2.05) is 0 Å². The average Bonchev–Trinajstić information content (AvgIpc) is 3.14. The van der Waals surface area contributed by atoms with Gasteiger partial charge in [-0.05, 0) is 42.8 Å². The van der Waals surface area contributed by atoms with Gasteiger partial charge in [-0.15, -0.1) is 0 Å². The molecule has 2 aromatic rings. The number of methoxy groups -OCH3 is 2. The van der Waals surface area contributed by atoms with Crippen molar-refractivity contribution in [3.63, 3.8) is 0 Å². The maximum atomic E-state index is 12.8. The van der Waals surface area contributed by atoms with Gasteiger partial charge in [0.15, 0.2) is 12.4 Å². The Kier molecular flexibility index (Phi) is 7.92. The molecule has 2 amide bonds. The summed E-state index contributed by atoms with van der Waals surface area (Å²) in [6, 6.07) is 8.30. The van der Waals surface area contributed by atoms with Gasteiger partial charge in [0.25, 0.3) is 5.91 Å². The van der Waals surface area contributed by atoms with Crippen molar-refractivity contribution in [2.45, 2.75) is 18.9 Å². The molecular weight excluding hydrogens is 460 g/mol. The Morgan fingerprint density at radius 2 is 1.86 bits per heavy atom. The first kappa shape index (κ1) is 25.1. The van der Waals surface area contributed by atoms with Crippen LogP contribution in [0.2, 0.25) is 0 Å². The molecular formula is C24H24N2O9. The third-order valence-corrected chi connectivity index (χ3v) is 5.05. The second-order valence-corrected chi connectivity index (χ2v) is 7.46. The maximum Gasteiger partial charge on any atom is 0.326 e. The molecule has 2 aromatic carbocycles. The number of carbonyl (C=O) groups is 4. The van der Waals surface area contributed by atoms with Crippen LogP contribution in [-0.2, 0) is 14.4 Å². The third-order valence-electron chi connectivity index (χ3n) is 5.05. The molecule has 11 nitrogen and oxygen atoms in total. The monoisotopic (exact) mass is 484 g/mol. The van der Waals surface area contributed by atoms with E-state index in [0.717, 1.165) is 0 Å². The Labute approximate surface area is 200 Å². The van der Waals surface area contributed by atoms with E-state index >= 15 is 0 Å². The van der Waals surface area contributed by atoms with Gasteiger partial charge in [0.2, 0.25) is 11.7 Å². The summed E-state index contributed by atoms with van der Waals surface area (Å²) in [6.07, 6.45) is 1.21. The molecule has 0 saturated heterocycles. The number of carboxylic acids is 1. The standard InChI is InChI=1S/C24H24N2O9/c1-32-14-4-7-18(33-2)13(9-14)10-20-23(29)16-5-3-15(11-19(16)35-20)34-12-22(28)26-17(24(30)31)6-8-21(25)27/h3-5,7,9-11,17H,6,8,12H2,1-2H3,(H2,25,27)(H,26,28)(H,30,31)/t17-/m0/s1. The predicted octanol–water partition coefficient (Wildman–Crippen LogP) is 1.53. The highest BCUT2D eigenvalue weighted by atomic mass is 16.5. The van der Waals surface area contributed by atoms with Crippen LogP contribution in [-0.4, -0.2) is 55.5 Å². The highest BCUT2D eigenvalue weighted by Crippen LogP contribution is 2.36. The normalized spacial score (nSPS) is 14.0. The molecule has 35 heavy (non-hydrogen) atoms. The molecule has 0 fully saturated rings. The van der Waals surface area contributed by atoms with Gasteiger partial charge in [0.1, 0.15) is 29.0 Å². The molecule has 0 unspecified atom stereocenters. The number of nitrogens with one attached hydrogen (secondary N) is 1.